The maximum absolute atomic E-state index is 11.8. The van der Waals surface area contributed by atoms with E-state index in [1.165, 1.54) is 5.56 Å². The predicted octanol–water partition coefficient (Wildman–Crippen LogP) is 4.54. The number of carbonyl (C=O) groups is 1. The largest absolute Gasteiger partial charge is 0.484 e. The Morgan fingerprint density at radius 1 is 1.22 bits per heavy atom. The van der Waals surface area contributed by atoms with Gasteiger partial charge in [0.05, 0.1) is 0 Å². The van der Waals surface area contributed by atoms with Crippen molar-refractivity contribution >= 4 is 33.4 Å². The summed E-state index contributed by atoms with van der Waals surface area (Å²) in [5.74, 6) is 0.587. The Morgan fingerprint density at radius 3 is 2.65 bits per heavy atom. The summed E-state index contributed by atoms with van der Waals surface area (Å²) < 4.78 is 6.51. The summed E-state index contributed by atoms with van der Waals surface area (Å²) in [6.45, 7) is 2.64. The topological polar surface area (TPSA) is 38.3 Å². The molecule has 0 aliphatic rings. The summed E-state index contributed by atoms with van der Waals surface area (Å²) in [6, 6.07) is 13.4. The Kier molecular flexibility index (Phi) is 6.93. The van der Waals surface area contributed by atoms with Gasteiger partial charge in [-0.25, -0.2) is 0 Å². The van der Waals surface area contributed by atoms with E-state index in [0.29, 0.717) is 12.3 Å². The molecule has 0 heterocycles. The lowest BCUT2D eigenvalue weighted by atomic mass is 10.1. The average Bonchev–Trinajstić information content (AvgIpc) is 2.54. The van der Waals surface area contributed by atoms with Crippen molar-refractivity contribution in [2.24, 2.45) is 0 Å². The number of carbonyl (C=O) groups excluding carboxylic acids is 1. The molecular formula is C18H19BrClNO2. The zero-order valence-electron chi connectivity index (χ0n) is 12.9. The molecule has 0 spiro atoms. The number of aryl methyl sites for hydroxylation is 2. The highest BCUT2D eigenvalue weighted by Gasteiger charge is 2.04. The molecule has 0 saturated heterocycles. The Bertz CT molecular complexity index is 659. The molecular weight excluding hydrogens is 378 g/mol. The molecule has 0 atom stereocenters. The first-order chi connectivity index (χ1) is 11.0. The highest BCUT2D eigenvalue weighted by atomic mass is 79.9. The molecule has 122 valence electrons. The molecule has 0 unspecified atom stereocenters. The molecule has 1 N–H and O–H groups in total. The van der Waals surface area contributed by atoms with Crippen LogP contribution in [-0.4, -0.2) is 19.1 Å². The summed E-state index contributed by atoms with van der Waals surface area (Å²) in [5.41, 5.74) is 2.29. The molecule has 23 heavy (non-hydrogen) atoms. The third-order valence-electron chi connectivity index (χ3n) is 3.38. The lowest BCUT2D eigenvalue weighted by molar-refractivity contribution is -0.123. The second-order valence-electron chi connectivity index (χ2n) is 5.28. The molecule has 0 radical (unpaired) electrons. The smallest absolute Gasteiger partial charge is 0.257 e. The van der Waals surface area contributed by atoms with Gasteiger partial charge in [0.1, 0.15) is 5.75 Å². The molecule has 0 saturated carbocycles. The van der Waals surface area contributed by atoms with Gasteiger partial charge in [-0.3, -0.25) is 4.79 Å². The number of hydrogen-bond donors (Lipinski definition) is 1. The fraction of sp³-hybridized carbons (Fsp3) is 0.278. The molecule has 0 aliphatic heterocycles. The zero-order valence-corrected chi connectivity index (χ0v) is 15.3. The quantitative estimate of drug-likeness (QED) is 0.698. The second kappa shape index (κ2) is 8.94. The monoisotopic (exact) mass is 395 g/mol. The minimum Gasteiger partial charge on any atom is -0.484 e. The molecule has 5 heteroatoms. The predicted molar refractivity (Wildman–Crippen MR) is 97.2 cm³/mol. The van der Waals surface area contributed by atoms with Gasteiger partial charge >= 0.3 is 0 Å². The Labute approximate surface area is 150 Å². The SMILES string of the molecule is Cc1cc(OCC(=O)NCCCc2ccc(Cl)cc2)ccc1Br. The number of benzene rings is 2. The second-order valence-corrected chi connectivity index (χ2v) is 6.57. The van der Waals surface area contributed by atoms with Gasteiger partial charge < -0.3 is 10.1 Å². The van der Waals surface area contributed by atoms with E-state index < -0.39 is 0 Å². The van der Waals surface area contributed by atoms with Crippen molar-refractivity contribution in [1.82, 2.24) is 5.32 Å². The van der Waals surface area contributed by atoms with Gasteiger partial charge in [0, 0.05) is 16.0 Å². The first-order valence-electron chi connectivity index (χ1n) is 7.44. The van der Waals surface area contributed by atoms with Crippen LogP contribution < -0.4 is 10.1 Å². The fourth-order valence-electron chi connectivity index (χ4n) is 2.08. The minimum atomic E-state index is -0.110. The summed E-state index contributed by atoms with van der Waals surface area (Å²) >= 11 is 9.28. The molecule has 0 aromatic heterocycles. The van der Waals surface area contributed by atoms with Gasteiger partial charge in [-0.15, -0.1) is 0 Å². The van der Waals surface area contributed by atoms with Crippen LogP contribution >= 0.6 is 27.5 Å². The van der Waals surface area contributed by atoms with E-state index in [-0.39, 0.29) is 12.5 Å². The molecule has 2 aromatic rings. The number of nitrogens with one attached hydrogen (secondary N) is 1. The zero-order chi connectivity index (χ0) is 16.7. The standard InChI is InChI=1S/C18H19BrClNO2/c1-13-11-16(8-9-17(13)19)23-12-18(22)21-10-2-3-14-4-6-15(20)7-5-14/h4-9,11H,2-3,10,12H2,1H3,(H,21,22). The summed E-state index contributed by atoms with van der Waals surface area (Å²) in [4.78, 5) is 11.8. The van der Waals surface area contributed by atoms with Gasteiger partial charge in [0.2, 0.25) is 0 Å². The van der Waals surface area contributed by atoms with E-state index in [1.54, 1.807) is 0 Å². The van der Waals surface area contributed by atoms with Crippen molar-refractivity contribution < 1.29 is 9.53 Å². The average molecular weight is 397 g/mol. The minimum absolute atomic E-state index is 0.0298. The van der Waals surface area contributed by atoms with Crippen LogP contribution in [0.3, 0.4) is 0 Å². The molecule has 2 aromatic carbocycles. The highest BCUT2D eigenvalue weighted by Crippen LogP contribution is 2.21. The lowest BCUT2D eigenvalue weighted by Gasteiger charge is -2.09. The summed E-state index contributed by atoms with van der Waals surface area (Å²) in [7, 11) is 0. The molecule has 2 rings (SSSR count). The van der Waals surface area contributed by atoms with Crippen LogP contribution in [0.5, 0.6) is 5.75 Å². The fourth-order valence-corrected chi connectivity index (χ4v) is 2.45. The van der Waals surface area contributed by atoms with E-state index in [2.05, 4.69) is 21.2 Å². The highest BCUT2D eigenvalue weighted by molar-refractivity contribution is 9.10. The number of hydrogen-bond acceptors (Lipinski definition) is 2. The van der Waals surface area contributed by atoms with E-state index >= 15 is 0 Å². The van der Waals surface area contributed by atoms with Gasteiger partial charge in [-0.1, -0.05) is 39.7 Å². The number of amides is 1. The van der Waals surface area contributed by atoms with E-state index in [9.17, 15) is 4.79 Å². The van der Waals surface area contributed by atoms with Crippen molar-refractivity contribution in [3.05, 3.63) is 63.1 Å². The van der Waals surface area contributed by atoms with Crippen LogP contribution in [-0.2, 0) is 11.2 Å². The Morgan fingerprint density at radius 2 is 1.96 bits per heavy atom. The van der Waals surface area contributed by atoms with Gasteiger partial charge in [0.25, 0.3) is 5.91 Å². The van der Waals surface area contributed by atoms with Crippen molar-refractivity contribution in [2.75, 3.05) is 13.2 Å². The van der Waals surface area contributed by atoms with Crippen LogP contribution in [0, 0.1) is 6.92 Å². The third-order valence-corrected chi connectivity index (χ3v) is 4.52. The summed E-state index contributed by atoms with van der Waals surface area (Å²) in [5, 5.41) is 3.60. The Balaban J connectivity index is 1.65. The van der Waals surface area contributed by atoms with E-state index in [4.69, 9.17) is 16.3 Å². The van der Waals surface area contributed by atoms with Crippen LogP contribution in [0.15, 0.2) is 46.9 Å². The first kappa shape index (κ1) is 17.8. The maximum atomic E-state index is 11.8. The number of ether oxygens (including phenoxy) is 1. The van der Waals surface area contributed by atoms with Crippen molar-refractivity contribution in [2.45, 2.75) is 19.8 Å². The first-order valence-corrected chi connectivity index (χ1v) is 8.62. The molecule has 0 bridgehead atoms. The van der Waals surface area contributed by atoms with Gasteiger partial charge in [-0.05, 0) is 61.2 Å². The Hall–Kier alpha value is -1.52. The molecule has 1 amide bonds. The summed E-state index contributed by atoms with van der Waals surface area (Å²) in [6.07, 6.45) is 1.79. The van der Waals surface area contributed by atoms with Crippen LogP contribution in [0.1, 0.15) is 17.5 Å². The molecule has 0 fully saturated rings. The van der Waals surface area contributed by atoms with Crippen LogP contribution in [0.25, 0.3) is 0 Å². The van der Waals surface area contributed by atoms with Crippen molar-refractivity contribution in [3.63, 3.8) is 0 Å². The lowest BCUT2D eigenvalue weighted by Crippen LogP contribution is -2.29. The van der Waals surface area contributed by atoms with Crippen LogP contribution in [0.2, 0.25) is 5.02 Å². The number of rotatable bonds is 7. The van der Waals surface area contributed by atoms with Gasteiger partial charge in [0.15, 0.2) is 6.61 Å². The number of halogens is 2. The molecule has 3 nitrogen and oxygen atoms in total. The normalized spacial score (nSPS) is 10.4. The van der Waals surface area contributed by atoms with E-state index in [0.717, 1.165) is 27.9 Å². The van der Waals surface area contributed by atoms with Gasteiger partial charge in [-0.2, -0.15) is 0 Å². The van der Waals surface area contributed by atoms with Crippen LogP contribution in [0.4, 0.5) is 0 Å². The van der Waals surface area contributed by atoms with Crippen molar-refractivity contribution in [1.29, 1.82) is 0 Å². The van der Waals surface area contributed by atoms with Crippen molar-refractivity contribution in [3.8, 4) is 5.75 Å². The van der Waals surface area contributed by atoms with E-state index in [1.807, 2.05) is 49.4 Å². The third kappa shape index (κ3) is 6.24. The maximum Gasteiger partial charge on any atom is 0.257 e. The molecule has 0 aliphatic carbocycles.